The van der Waals surface area contributed by atoms with E-state index in [2.05, 4.69) is 15.9 Å². The van der Waals surface area contributed by atoms with Gasteiger partial charge in [0.2, 0.25) is 0 Å². The summed E-state index contributed by atoms with van der Waals surface area (Å²) in [4.78, 5) is 11.0. The quantitative estimate of drug-likeness (QED) is 0.834. The summed E-state index contributed by atoms with van der Waals surface area (Å²) in [7, 11) is 0. The minimum Gasteiger partial charge on any atom is -0.478 e. The molecule has 3 nitrogen and oxygen atoms in total. The van der Waals surface area contributed by atoms with Gasteiger partial charge in [-0.2, -0.15) is 0 Å². The molecule has 86 valence electrons. The Bertz CT molecular complexity index is 544. The molecular formula is C13H10BrNO2. The zero-order valence-electron chi connectivity index (χ0n) is 8.85. The second-order valence-electron chi connectivity index (χ2n) is 3.59. The van der Waals surface area contributed by atoms with Crippen LogP contribution in [0.3, 0.4) is 0 Å². The van der Waals surface area contributed by atoms with Crippen LogP contribution in [0.25, 0.3) is 11.1 Å². The molecule has 0 atom stereocenters. The Morgan fingerprint density at radius 2 is 1.76 bits per heavy atom. The number of nitrogen functional groups attached to an aromatic ring is 1. The van der Waals surface area contributed by atoms with Crippen LogP contribution >= 0.6 is 15.9 Å². The van der Waals surface area contributed by atoms with Gasteiger partial charge in [0.1, 0.15) is 0 Å². The molecule has 17 heavy (non-hydrogen) atoms. The fourth-order valence-electron chi connectivity index (χ4n) is 1.65. The third kappa shape index (κ3) is 2.31. The fourth-order valence-corrected chi connectivity index (χ4v) is 2.30. The van der Waals surface area contributed by atoms with Gasteiger partial charge in [-0.1, -0.05) is 30.3 Å². The number of hydrogen-bond acceptors (Lipinski definition) is 2. The molecule has 0 bridgehead atoms. The first-order valence-electron chi connectivity index (χ1n) is 4.97. The summed E-state index contributed by atoms with van der Waals surface area (Å²) in [5.41, 5.74) is 7.99. The summed E-state index contributed by atoms with van der Waals surface area (Å²) in [6.07, 6.45) is 0. The first-order valence-corrected chi connectivity index (χ1v) is 5.76. The topological polar surface area (TPSA) is 63.3 Å². The molecule has 0 radical (unpaired) electrons. The van der Waals surface area contributed by atoms with E-state index in [4.69, 9.17) is 10.8 Å². The predicted octanol–water partition coefficient (Wildman–Crippen LogP) is 3.40. The third-order valence-electron chi connectivity index (χ3n) is 2.44. The number of carboxylic acid groups (broad SMARTS) is 1. The number of carboxylic acids is 1. The van der Waals surface area contributed by atoms with Gasteiger partial charge < -0.3 is 10.8 Å². The van der Waals surface area contributed by atoms with Crippen molar-refractivity contribution in [2.45, 2.75) is 0 Å². The number of benzene rings is 2. The van der Waals surface area contributed by atoms with E-state index >= 15 is 0 Å². The first kappa shape index (κ1) is 11.7. The van der Waals surface area contributed by atoms with Crippen molar-refractivity contribution in [3.05, 3.63) is 52.5 Å². The van der Waals surface area contributed by atoms with E-state index in [0.717, 1.165) is 11.1 Å². The molecule has 0 aliphatic carbocycles. The molecule has 0 aromatic heterocycles. The number of nitrogens with two attached hydrogens (primary N) is 1. The number of aromatic carboxylic acids is 1. The molecule has 0 aliphatic heterocycles. The normalized spacial score (nSPS) is 10.2. The number of anilines is 1. The molecule has 0 aliphatic rings. The van der Waals surface area contributed by atoms with Crippen LogP contribution in [0.4, 0.5) is 5.69 Å². The summed E-state index contributed by atoms with van der Waals surface area (Å²) >= 11 is 3.23. The molecule has 0 saturated carbocycles. The Kier molecular flexibility index (Phi) is 3.15. The van der Waals surface area contributed by atoms with E-state index in [1.807, 2.05) is 30.3 Å². The second kappa shape index (κ2) is 4.59. The number of carbonyl (C=O) groups is 1. The van der Waals surface area contributed by atoms with Crippen LogP contribution in [-0.4, -0.2) is 11.1 Å². The Labute approximate surface area is 107 Å². The lowest BCUT2D eigenvalue weighted by atomic mass is 10.0. The Hall–Kier alpha value is -1.81. The smallest absolute Gasteiger partial charge is 0.338 e. The zero-order valence-corrected chi connectivity index (χ0v) is 10.4. The molecule has 2 aromatic rings. The summed E-state index contributed by atoms with van der Waals surface area (Å²) in [6.45, 7) is 0. The Balaban J connectivity index is 2.57. The lowest BCUT2D eigenvalue weighted by Gasteiger charge is -2.08. The second-order valence-corrected chi connectivity index (χ2v) is 4.45. The fraction of sp³-hybridized carbons (Fsp3) is 0. The van der Waals surface area contributed by atoms with Crippen LogP contribution < -0.4 is 5.73 Å². The lowest BCUT2D eigenvalue weighted by molar-refractivity contribution is 0.0697. The van der Waals surface area contributed by atoms with Crippen molar-refractivity contribution in [2.24, 2.45) is 0 Å². The van der Waals surface area contributed by atoms with E-state index in [-0.39, 0.29) is 11.3 Å². The van der Waals surface area contributed by atoms with Crippen molar-refractivity contribution in [2.75, 3.05) is 5.73 Å². The van der Waals surface area contributed by atoms with Gasteiger partial charge in [-0.25, -0.2) is 4.79 Å². The highest BCUT2D eigenvalue weighted by Gasteiger charge is 2.14. The third-order valence-corrected chi connectivity index (χ3v) is 3.07. The summed E-state index contributed by atoms with van der Waals surface area (Å²) in [5.74, 6) is -1.03. The zero-order chi connectivity index (χ0) is 12.4. The highest BCUT2D eigenvalue weighted by Crippen LogP contribution is 2.30. The van der Waals surface area contributed by atoms with E-state index in [9.17, 15) is 4.79 Å². The molecule has 4 heteroatoms. The molecule has 0 fully saturated rings. The summed E-state index contributed by atoms with van der Waals surface area (Å²) in [5, 5.41) is 9.00. The Morgan fingerprint density at radius 1 is 1.12 bits per heavy atom. The van der Waals surface area contributed by atoms with Gasteiger partial charge in [-0.05, 0) is 39.2 Å². The highest BCUT2D eigenvalue weighted by atomic mass is 79.9. The maximum Gasteiger partial charge on any atom is 0.338 e. The van der Waals surface area contributed by atoms with Crippen molar-refractivity contribution in [3.63, 3.8) is 0 Å². The minimum absolute atomic E-state index is 0.102. The van der Waals surface area contributed by atoms with Crippen LogP contribution in [0.15, 0.2) is 46.9 Å². The van der Waals surface area contributed by atoms with Crippen molar-refractivity contribution >= 4 is 27.6 Å². The minimum atomic E-state index is -1.03. The lowest BCUT2D eigenvalue weighted by Crippen LogP contribution is -2.03. The van der Waals surface area contributed by atoms with Crippen LogP contribution in [0.2, 0.25) is 0 Å². The maximum atomic E-state index is 11.0. The van der Waals surface area contributed by atoms with E-state index in [1.165, 1.54) is 0 Å². The summed E-state index contributed by atoms with van der Waals surface area (Å²) < 4.78 is 0.490. The molecule has 0 saturated heterocycles. The molecule has 0 heterocycles. The molecule has 2 aromatic carbocycles. The van der Waals surface area contributed by atoms with Gasteiger partial charge in [0.15, 0.2) is 0 Å². The molecule has 0 unspecified atom stereocenters. The van der Waals surface area contributed by atoms with Crippen LogP contribution in [-0.2, 0) is 0 Å². The number of halogens is 1. The van der Waals surface area contributed by atoms with Gasteiger partial charge in [-0.15, -0.1) is 0 Å². The van der Waals surface area contributed by atoms with Gasteiger partial charge in [-0.3, -0.25) is 0 Å². The van der Waals surface area contributed by atoms with Crippen LogP contribution in [0, 0.1) is 0 Å². The van der Waals surface area contributed by atoms with Crippen molar-refractivity contribution in [1.29, 1.82) is 0 Å². The predicted molar refractivity (Wildman–Crippen MR) is 70.9 cm³/mol. The van der Waals surface area contributed by atoms with Crippen LogP contribution in [0.1, 0.15) is 10.4 Å². The van der Waals surface area contributed by atoms with Crippen LogP contribution in [0.5, 0.6) is 0 Å². The monoisotopic (exact) mass is 291 g/mol. The van der Waals surface area contributed by atoms with Gasteiger partial charge in [0.25, 0.3) is 0 Å². The number of hydrogen-bond donors (Lipinski definition) is 2. The molecule has 3 N–H and O–H groups in total. The SMILES string of the molecule is Nc1cc(-c2ccccc2)cc(Br)c1C(=O)O. The van der Waals surface area contributed by atoms with E-state index < -0.39 is 5.97 Å². The van der Waals surface area contributed by atoms with Crippen molar-refractivity contribution in [1.82, 2.24) is 0 Å². The molecule has 0 amide bonds. The molecule has 0 spiro atoms. The van der Waals surface area contributed by atoms with Gasteiger partial charge in [0, 0.05) is 10.2 Å². The average molecular weight is 292 g/mol. The first-order chi connectivity index (χ1) is 8.09. The largest absolute Gasteiger partial charge is 0.478 e. The van der Waals surface area contributed by atoms with Gasteiger partial charge >= 0.3 is 5.97 Å². The maximum absolute atomic E-state index is 11.0. The van der Waals surface area contributed by atoms with Crippen molar-refractivity contribution in [3.8, 4) is 11.1 Å². The number of rotatable bonds is 2. The highest BCUT2D eigenvalue weighted by molar-refractivity contribution is 9.10. The van der Waals surface area contributed by atoms with E-state index in [1.54, 1.807) is 12.1 Å². The van der Waals surface area contributed by atoms with Gasteiger partial charge in [0.05, 0.1) is 5.56 Å². The summed E-state index contributed by atoms with van der Waals surface area (Å²) in [6, 6.07) is 13.1. The molecular weight excluding hydrogens is 282 g/mol. The standard InChI is InChI=1S/C13H10BrNO2/c14-10-6-9(8-4-2-1-3-5-8)7-11(15)12(10)13(16)17/h1-7H,15H2,(H,16,17). The van der Waals surface area contributed by atoms with E-state index in [0.29, 0.717) is 4.47 Å². The molecule has 2 rings (SSSR count). The van der Waals surface area contributed by atoms with Crippen molar-refractivity contribution < 1.29 is 9.90 Å². The average Bonchev–Trinajstić information content (AvgIpc) is 2.28. The Morgan fingerprint density at radius 3 is 2.29 bits per heavy atom.